The van der Waals surface area contributed by atoms with Gasteiger partial charge >= 0.3 is 0 Å². The number of aliphatic hydroxyl groups is 1. The topological polar surface area (TPSA) is 20.2 Å². The van der Waals surface area contributed by atoms with Crippen LogP contribution in [0.2, 0.25) is 0 Å². The Morgan fingerprint density at radius 3 is 2.17 bits per heavy atom. The van der Waals surface area contributed by atoms with E-state index < -0.39 is 0 Å². The summed E-state index contributed by atoms with van der Waals surface area (Å²) < 4.78 is 0. The average molecular weight is 232 g/mol. The molecule has 0 saturated carbocycles. The highest BCUT2D eigenvalue weighted by Gasteiger charge is 2.16. The van der Waals surface area contributed by atoms with Crippen LogP contribution >= 0.6 is 0 Å². The normalized spacial score (nSPS) is 11.9. The summed E-state index contributed by atoms with van der Waals surface area (Å²) in [4.78, 5) is 0. The van der Waals surface area contributed by atoms with E-state index in [0.717, 1.165) is 7.11 Å². The summed E-state index contributed by atoms with van der Waals surface area (Å²) in [5, 5.41) is 18.4. The van der Waals surface area contributed by atoms with Gasteiger partial charge in [-0.25, -0.2) is 0 Å². The lowest BCUT2D eigenvalue weighted by atomic mass is 9.85. The summed E-state index contributed by atoms with van der Waals surface area (Å²) in [5.74, 6) is 0. The van der Waals surface area contributed by atoms with Gasteiger partial charge in [0.1, 0.15) is 0 Å². The van der Waals surface area contributed by atoms with E-state index >= 15 is 0 Å². The largest absolute Gasteiger partial charge is 0.400 e. The highest BCUT2D eigenvalue weighted by molar-refractivity contribution is 6.37. The van der Waals surface area contributed by atoms with Gasteiger partial charge < -0.3 is 5.11 Å². The Bertz CT molecular complexity index is 925. The summed E-state index contributed by atoms with van der Waals surface area (Å²) in [6.07, 6.45) is 0. The highest BCUT2D eigenvalue weighted by atomic mass is 16.2. The van der Waals surface area contributed by atoms with E-state index in [4.69, 9.17) is 5.11 Å². The SMILES string of the molecule is CO.c1cc2ccc3c4ccc5cc4c(c1)c2c53. The van der Waals surface area contributed by atoms with Gasteiger partial charge in [0.05, 0.1) is 0 Å². The minimum absolute atomic E-state index is 1.00. The van der Waals surface area contributed by atoms with E-state index in [1.54, 1.807) is 0 Å². The fraction of sp³-hybridized carbons (Fsp3) is 0.0588. The maximum atomic E-state index is 7.00. The summed E-state index contributed by atoms with van der Waals surface area (Å²) in [6, 6.07) is 18.0. The Hall–Kier alpha value is -2.12. The maximum Gasteiger partial charge on any atom is 0.0319 e. The minimum atomic E-state index is 1.00. The first-order chi connectivity index (χ1) is 8.93. The van der Waals surface area contributed by atoms with Gasteiger partial charge in [-0.1, -0.05) is 42.5 Å². The molecule has 18 heavy (non-hydrogen) atoms. The molecule has 0 atom stereocenters. The van der Waals surface area contributed by atoms with E-state index in [9.17, 15) is 0 Å². The lowest BCUT2D eigenvalue weighted by Gasteiger charge is -2.18. The summed E-state index contributed by atoms with van der Waals surface area (Å²) in [7, 11) is 1.00. The maximum absolute atomic E-state index is 7.00. The van der Waals surface area contributed by atoms with Gasteiger partial charge in [0.25, 0.3) is 0 Å². The minimum Gasteiger partial charge on any atom is -0.400 e. The van der Waals surface area contributed by atoms with Crippen LogP contribution in [0.25, 0.3) is 43.1 Å². The zero-order chi connectivity index (χ0) is 12.3. The van der Waals surface area contributed by atoms with Crippen LogP contribution in [-0.2, 0) is 0 Å². The molecule has 0 aliphatic carbocycles. The highest BCUT2D eigenvalue weighted by Crippen LogP contribution is 2.44. The van der Waals surface area contributed by atoms with Crippen molar-refractivity contribution in [1.29, 1.82) is 0 Å². The molecular formula is C17H12O. The molecule has 0 radical (unpaired) electrons. The third-order valence-corrected chi connectivity index (χ3v) is 3.93. The Kier molecular flexibility index (Phi) is 1.76. The molecule has 6 bridgehead atoms. The van der Waals surface area contributed by atoms with Crippen LogP contribution in [0.15, 0.2) is 48.5 Å². The molecule has 1 heteroatoms. The van der Waals surface area contributed by atoms with Gasteiger partial charge in [0.2, 0.25) is 0 Å². The second kappa shape index (κ2) is 3.21. The van der Waals surface area contributed by atoms with Gasteiger partial charge in [-0.15, -0.1) is 0 Å². The molecule has 0 fully saturated rings. The van der Waals surface area contributed by atoms with Crippen LogP contribution in [0.5, 0.6) is 0 Å². The zero-order valence-electron chi connectivity index (χ0n) is 10.1. The summed E-state index contributed by atoms with van der Waals surface area (Å²) >= 11 is 0. The van der Waals surface area contributed by atoms with Crippen molar-refractivity contribution in [3.05, 3.63) is 48.5 Å². The second-order valence-electron chi connectivity index (χ2n) is 4.65. The van der Waals surface area contributed by atoms with Gasteiger partial charge in [0.15, 0.2) is 0 Å². The fourth-order valence-electron chi connectivity index (χ4n) is 3.29. The van der Waals surface area contributed by atoms with Crippen LogP contribution in [-0.4, -0.2) is 12.2 Å². The predicted molar refractivity (Wildman–Crippen MR) is 78.2 cm³/mol. The van der Waals surface area contributed by atoms with Crippen LogP contribution in [0, 0.1) is 0 Å². The molecule has 0 aromatic heterocycles. The number of fused-ring (bicyclic) bond motifs is 1. The number of aliphatic hydroxyl groups excluding tert-OH is 1. The molecular weight excluding hydrogens is 220 g/mol. The number of benzene rings is 7. The van der Waals surface area contributed by atoms with Gasteiger partial charge in [-0.05, 0) is 49.2 Å². The van der Waals surface area contributed by atoms with E-state index in [1.807, 2.05) is 0 Å². The van der Waals surface area contributed by atoms with E-state index in [2.05, 4.69) is 48.5 Å². The third-order valence-electron chi connectivity index (χ3n) is 3.93. The Morgan fingerprint density at radius 1 is 0.611 bits per heavy atom. The molecule has 1 nitrogen and oxygen atoms in total. The monoisotopic (exact) mass is 232 g/mol. The quantitative estimate of drug-likeness (QED) is 0.396. The summed E-state index contributed by atoms with van der Waals surface area (Å²) in [6.45, 7) is 0. The zero-order valence-corrected chi connectivity index (χ0v) is 10.1. The van der Waals surface area contributed by atoms with Crippen molar-refractivity contribution in [3.8, 4) is 0 Å². The molecule has 0 spiro atoms. The second-order valence-corrected chi connectivity index (χ2v) is 4.65. The molecule has 0 amide bonds. The summed E-state index contributed by atoms with van der Waals surface area (Å²) in [5.41, 5.74) is 0. The Balaban J connectivity index is 0.000000423. The molecule has 0 heterocycles. The van der Waals surface area contributed by atoms with Crippen molar-refractivity contribution in [2.45, 2.75) is 0 Å². The smallest absolute Gasteiger partial charge is 0.0319 e. The molecule has 7 rings (SSSR count). The van der Waals surface area contributed by atoms with Gasteiger partial charge in [0, 0.05) is 7.11 Å². The van der Waals surface area contributed by atoms with E-state index in [-0.39, 0.29) is 0 Å². The van der Waals surface area contributed by atoms with Crippen LogP contribution in [0.1, 0.15) is 0 Å². The van der Waals surface area contributed by atoms with Gasteiger partial charge in [-0.2, -0.15) is 0 Å². The third kappa shape index (κ3) is 0.925. The lowest BCUT2D eigenvalue weighted by molar-refractivity contribution is 0.399. The number of hydrogen-bond acceptors (Lipinski definition) is 1. The molecule has 1 N–H and O–H groups in total. The van der Waals surface area contributed by atoms with Crippen molar-refractivity contribution in [3.63, 3.8) is 0 Å². The Morgan fingerprint density at radius 2 is 1.28 bits per heavy atom. The standard InChI is InChI=1S/C16H8.CH4O/c1-2-9-4-7-13-11-6-5-10-8-14(11)12(3-1)15(9)16(10)13;1-2/h1-8H;2H,1H3. The van der Waals surface area contributed by atoms with Crippen molar-refractivity contribution in [2.24, 2.45) is 0 Å². The van der Waals surface area contributed by atoms with Crippen molar-refractivity contribution in [1.82, 2.24) is 0 Å². The van der Waals surface area contributed by atoms with E-state index in [1.165, 1.54) is 43.1 Å². The number of rotatable bonds is 0. The molecule has 0 unspecified atom stereocenters. The Labute approximate surface area is 104 Å². The predicted octanol–water partition coefficient (Wildman–Crippen LogP) is 4.22. The van der Waals surface area contributed by atoms with Crippen molar-refractivity contribution in [2.75, 3.05) is 7.11 Å². The molecule has 7 aromatic rings. The van der Waals surface area contributed by atoms with Crippen molar-refractivity contribution >= 4 is 43.1 Å². The van der Waals surface area contributed by atoms with Crippen molar-refractivity contribution < 1.29 is 5.11 Å². The van der Waals surface area contributed by atoms with Gasteiger partial charge in [-0.3, -0.25) is 0 Å². The molecule has 0 saturated heterocycles. The molecule has 7 aromatic carbocycles. The lowest BCUT2D eigenvalue weighted by Crippen LogP contribution is -1.90. The first-order valence-corrected chi connectivity index (χ1v) is 6.09. The first-order valence-electron chi connectivity index (χ1n) is 6.09. The fourth-order valence-corrected chi connectivity index (χ4v) is 3.29. The first kappa shape index (κ1) is 9.86. The van der Waals surface area contributed by atoms with Crippen LogP contribution < -0.4 is 0 Å². The number of hydrogen-bond donors (Lipinski definition) is 1. The molecule has 86 valence electrons. The molecule has 0 aliphatic heterocycles. The van der Waals surface area contributed by atoms with Crippen LogP contribution in [0.3, 0.4) is 0 Å². The molecule has 0 aliphatic rings. The van der Waals surface area contributed by atoms with E-state index in [0.29, 0.717) is 0 Å². The average Bonchev–Trinajstić information content (AvgIpc) is 2.49. The van der Waals surface area contributed by atoms with Crippen LogP contribution in [0.4, 0.5) is 0 Å².